The summed E-state index contributed by atoms with van der Waals surface area (Å²) in [5, 5.41) is 14.0. The maximum Gasteiger partial charge on any atom is 0.0613 e. The Labute approximate surface area is 349 Å². The molecule has 0 saturated carbocycles. The maximum atomic E-state index is 2.50. The monoisotopic (exact) mass is 764 g/mol. The molecule has 2 heteroatoms. The van der Waals surface area contributed by atoms with Gasteiger partial charge in [-0.2, -0.15) is 0 Å². The molecule has 0 N–H and O–H groups in total. The normalized spacial score (nSPS) is 11.8. The van der Waals surface area contributed by atoms with Crippen molar-refractivity contribution in [2.75, 3.05) is 4.90 Å². The number of benzene rings is 11. The van der Waals surface area contributed by atoms with E-state index in [0.29, 0.717) is 0 Å². The van der Waals surface area contributed by atoms with Gasteiger partial charge in [0.1, 0.15) is 0 Å². The molecule has 60 heavy (non-hydrogen) atoms. The summed E-state index contributed by atoms with van der Waals surface area (Å²) in [6, 6.07) is 76.0. The molecule has 0 fully saturated rings. The minimum Gasteiger partial charge on any atom is -0.313 e. The minimum absolute atomic E-state index is 1.11. The van der Waals surface area contributed by atoms with Crippen molar-refractivity contribution in [3.05, 3.63) is 218 Å². The van der Waals surface area contributed by atoms with Crippen LogP contribution in [-0.2, 0) is 0 Å². The molecule has 1 heterocycles. The van der Waals surface area contributed by atoms with Crippen LogP contribution >= 0.6 is 0 Å². The third-order valence-electron chi connectivity index (χ3n) is 12.9. The van der Waals surface area contributed by atoms with Crippen molar-refractivity contribution in [1.29, 1.82) is 0 Å². The summed E-state index contributed by atoms with van der Waals surface area (Å²) in [5.41, 5.74) is 13.2. The third-order valence-corrected chi connectivity index (χ3v) is 12.9. The van der Waals surface area contributed by atoms with Crippen molar-refractivity contribution < 1.29 is 0 Å². The van der Waals surface area contributed by atoms with Gasteiger partial charge in [0.25, 0.3) is 0 Å². The summed E-state index contributed by atoms with van der Waals surface area (Å²) in [6.45, 7) is 4.55. The van der Waals surface area contributed by atoms with Gasteiger partial charge in [0, 0.05) is 38.9 Å². The molecule has 0 aliphatic rings. The number of hydrogen-bond acceptors (Lipinski definition) is 1. The molecule has 0 aliphatic carbocycles. The molecule has 12 aromatic rings. The topological polar surface area (TPSA) is 8.17 Å². The van der Waals surface area contributed by atoms with E-state index in [1.807, 2.05) is 0 Å². The van der Waals surface area contributed by atoms with Crippen LogP contribution in [0.1, 0.15) is 11.3 Å². The maximum absolute atomic E-state index is 2.50. The Bertz CT molecular complexity index is 3500. The van der Waals surface area contributed by atoms with E-state index in [-0.39, 0.29) is 0 Å². The number of hydrogen-bond donors (Lipinski definition) is 0. The van der Waals surface area contributed by atoms with E-state index >= 15 is 0 Å². The van der Waals surface area contributed by atoms with Crippen molar-refractivity contribution in [3.8, 4) is 27.9 Å². The van der Waals surface area contributed by atoms with Crippen LogP contribution in [0.25, 0.3) is 92.7 Å². The molecule has 12 rings (SSSR count). The molecular weight excluding hydrogens is 725 g/mol. The summed E-state index contributed by atoms with van der Waals surface area (Å²) in [4.78, 5) is 2.43. The Morgan fingerprint density at radius 1 is 0.350 bits per heavy atom. The fourth-order valence-corrected chi connectivity index (χ4v) is 9.78. The third kappa shape index (κ3) is 5.35. The number of rotatable bonds is 6. The first kappa shape index (κ1) is 34.4. The predicted octanol–water partition coefficient (Wildman–Crippen LogP) is 16.3. The average Bonchev–Trinajstić information content (AvgIpc) is 3.56. The highest BCUT2D eigenvalue weighted by molar-refractivity contribution is 6.31. The first-order valence-corrected chi connectivity index (χ1v) is 20.8. The molecule has 1 aromatic heterocycles. The van der Waals surface area contributed by atoms with Crippen LogP contribution in [0, 0.1) is 13.8 Å². The minimum atomic E-state index is 1.11. The fraction of sp³-hybridized carbons (Fsp3) is 0.0345. The van der Waals surface area contributed by atoms with Crippen LogP contribution < -0.4 is 4.90 Å². The van der Waals surface area contributed by atoms with Gasteiger partial charge in [-0.15, -0.1) is 0 Å². The Balaban J connectivity index is 1.07. The van der Waals surface area contributed by atoms with Gasteiger partial charge in [-0.3, -0.25) is 0 Å². The average molecular weight is 765 g/mol. The van der Waals surface area contributed by atoms with Crippen LogP contribution in [0.2, 0.25) is 0 Å². The summed E-state index contributed by atoms with van der Waals surface area (Å²) in [5.74, 6) is 0. The van der Waals surface area contributed by atoms with Crippen LogP contribution in [0.15, 0.2) is 206 Å². The quantitative estimate of drug-likeness (QED) is 0.121. The standard InChI is InChI=1S/C58H40N2/c1-37-38(2)59(51-29-21-46-33-44-15-9-10-16-45(44)34-48(46)35-51)58-53-31-22-43-24-32-55(52-30-23-47(36-54(37)58)57(53)56(43)52)60(49-25-17-41(18-26-49)39-11-5-3-6-12-39)50-27-19-42(20-28-50)40-13-7-4-8-14-40/h3-36H,1-2H3. The molecule has 282 valence electrons. The molecule has 0 unspecified atom stereocenters. The molecule has 0 aliphatic heterocycles. The van der Waals surface area contributed by atoms with Gasteiger partial charge in [0.05, 0.1) is 11.2 Å². The Kier molecular flexibility index (Phi) is 7.70. The second kappa shape index (κ2) is 13.4. The van der Waals surface area contributed by atoms with Gasteiger partial charge in [0.2, 0.25) is 0 Å². The van der Waals surface area contributed by atoms with Crippen molar-refractivity contribution >= 4 is 81.8 Å². The molecule has 0 atom stereocenters. The number of anilines is 3. The van der Waals surface area contributed by atoms with Gasteiger partial charge in [-0.25, -0.2) is 0 Å². The lowest BCUT2D eigenvalue weighted by Gasteiger charge is -2.28. The van der Waals surface area contributed by atoms with E-state index in [2.05, 4.69) is 230 Å². The van der Waals surface area contributed by atoms with E-state index in [0.717, 1.165) is 17.1 Å². The first-order valence-electron chi connectivity index (χ1n) is 20.8. The smallest absolute Gasteiger partial charge is 0.0613 e. The van der Waals surface area contributed by atoms with E-state index < -0.39 is 0 Å². The fourth-order valence-electron chi connectivity index (χ4n) is 9.78. The summed E-state index contributed by atoms with van der Waals surface area (Å²) < 4.78 is 2.50. The molecule has 0 saturated heterocycles. The van der Waals surface area contributed by atoms with Crippen molar-refractivity contribution in [3.63, 3.8) is 0 Å². The van der Waals surface area contributed by atoms with E-state index in [9.17, 15) is 0 Å². The second-order valence-electron chi connectivity index (χ2n) is 16.2. The predicted molar refractivity (Wildman–Crippen MR) is 257 cm³/mol. The van der Waals surface area contributed by atoms with Gasteiger partial charge >= 0.3 is 0 Å². The van der Waals surface area contributed by atoms with Crippen LogP contribution in [0.3, 0.4) is 0 Å². The Morgan fingerprint density at radius 2 is 0.850 bits per heavy atom. The first-order chi connectivity index (χ1) is 29.6. The molecular formula is C58H40N2. The summed E-state index contributed by atoms with van der Waals surface area (Å²) >= 11 is 0. The molecule has 11 aromatic carbocycles. The number of nitrogens with zero attached hydrogens (tertiary/aromatic N) is 2. The van der Waals surface area contributed by atoms with E-state index in [1.54, 1.807) is 0 Å². The lowest BCUT2D eigenvalue weighted by molar-refractivity contribution is 1.05. The lowest BCUT2D eigenvalue weighted by atomic mass is 9.91. The number of aryl methyl sites for hydroxylation is 1. The van der Waals surface area contributed by atoms with Crippen molar-refractivity contribution in [2.45, 2.75) is 13.8 Å². The zero-order valence-electron chi connectivity index (χ0n) is 33.5. The number of aromatic nitrogens is 1. The van der Waals surface area contributed by atoms with Gasteiger partial charge < -0.3 is 9.47 Å². The summed E-state index contributed by atoms with van der Waals surface area (Å²) in [7, 11) is 0. The molecule has 0 amide bonds. The number of fused-ring (bicyclic) bond motifs is 4. The molecule has 0 spiro atoms. The van der Waals surface area contributed by atoms with Gasteiger partial charge in [-0.1, -0.05) is 146 Å². The van der Waals surface area contributed by atoms with Crippen molar-refractivity contribution in [2.24, 2.45) is 0 Å². The van der Waals surface area contributed by atoms with E-state index in [4.69, 9.17) is 0 Å². The lowest BCUT2D eigenvalue weighted by Crippen LogP contribution is -2.10. The SMILES string of the molecule is Cc1c(C)n(-c2ccc3cc4ccccc4cc3c2)c2c1cc1ccc3c(N(c4ccc(-c5ccccc5)cc4)c4ccc(-c5ccccc5)cc4)ccc4ccc2c1c43. The zero-order valence-corrected chi connectivity index (χ0v) is 33.5. The second-order valence-corrected chi connectivity index (χ2v) is 16.2. The van der Waals surface area contributed by atoms with E-state index in [1.165, 1.54) is 104 Å². The highest BCUT2D eigenvalue weighted by Gasteiger charge is 2.22. The highest BCUT2D eigenvalue weighted by Crippen LogP contribution is 2.47. The highest BCUT2D eigenvalue weighted by atomic mass is 15.1. The summed E-state index contributed by atoms with van der Waals surface area (Å²) in [6.07, 6.45) is 0. The van der Waals surface area contributed by atoms with Gasteiger partial charge in [0.15, 0.2) is 0 Å². The molecule has 2 nitrogen and oxygen atoms in total. The van der Waals surface area contributed by atoms with Crippen LogP contribution in [-0.4, -0.2) is 4.57 Å². The Morgan fingerprint density at radius 3 is 1.50 bits per heavy atom. The van der Waals surface area contributed by atoms with Crippen LogP contribution in [0.5, 0.6) is 0 Å². The van der Waals surface area contributed by atoms with Crippen LogP contribution in [0.4, 0.5) is 17.1 Å². The zero-order chi connectivity index (χ0) is 39.9. The van der Waals surface area contributed by atoms with Gasteiger partial charge in [-0.05, 0) is 145 Å². The molecule has 0 bridgehead atoms. The molecule has 0 radical (unpaired) electrons. The Hall–Kier alpha value is -7.68. The van der Waals surface area contributed by atoms with Crippen molar-refractivity contribution in [1.82, 2.24) is 4.57 Å². The largest absolute Gasteiger partial charge is 0.313 e.